The van der Waals surface area contributed by atoms with Gasteiger partial charge in [-0.2, -0.15) is 10.5 Å². The van der Waals surface area contributed by atoms with Crippen molar-refractivity contribution in [1.29, 1.82) is 10.5 Å². The zero-order valence-electron chi connectivity index (χ0n) is 26.3. The highest BCUT2D eigenvalue weighted by Crippen LogP contribution is 2.26. The number of likely N-dealkylation sites (tertiary alicyclic amines) is 1. The van der Waals surface area contributed by atoms with Gasteiger partial charge in [-0.3, -0.25) is 9.69 Å². The second-order valence-electron chi connectivity index (χ2n) is 11.7. The lowest BCUT2D eigenvalue weighted by atomic mass is 10.1. The van der Waals surface area contributed by atoms with Crippen LogP contribution in [-0.2, 0) is 30.9 Å². The number of pyridine rings is 1. The Morgan fingerprint density at radius 3 is 2.48 bits per heavy atom. The van der Waals surface area contributed by atoms with Crippen molar-refractivity contribution in [3.05, 3.63) is 82.6 Å². The lowest BCUT2D eigenvalue weighted by Crippen LogP contribution is -2.38. The third-order valence-electron chi connectivity index (χ3n) is 8.23. The Balaban J connectivity index is 1.21. The molecule has 48 heavy (non-hydrogen) atoms. The summed E-state index contributed by atoms with van der Waals surface area (Å²) in [5.74, 6) is -2.16. The van der Waals surface area contributed by atoms with Gasteiger partial charge in [0.1, 0.15) is 35.6 Å². The van der Waals surface area contributed by atoms with Crippen LogP contribution in [0.5, 0.6) is 11.6 Å². The van der Waals surface area contributed by atoms with E-state index in [0.717, 1.165) is 31.7 Å². The first-order valence-electron chi connectivity index (χ1n) is 15.9. The number of halogens is 3. The summed E-state index contributed by atoms with van der Waals surface area (Å²) >= 11 is 0. The molecular weight excluding hydrogens is 625 g/mol. The number of aliphatic carboxylic acids is 1. The van der Waals surface area contributed by atoms with Gasteiger partial charge in [-0.15, -0.1) is 0 Å². The summed E-state index contributed by atoms with van der Waals surface area (Å²) in [4.78, 5) is 22.4. The molecule has 13 heteroatoms. The lowest BCUT2D eigenvalue weighted by molar-refractivity contribution is -0.136. The number of carboxylic acid groups (broad SMARTS) is 1. The Morgan fingerprint density at radius 2 is 1.75 bits per heavy atom. The van der Waals surface area contributed by atoms with E-state index < -0.39 is 23.4 Å². The molecule has 1 fully saturated rings. The third kappa shape index (κ3) is 8.81. The van der Waals surface area contributed by atoms with Gasteiger partial charge in [0.2, 0.25) is 5.88 Å². The summed E-state index contributed by atoms with van der Waals surface area (Å²) in [5.41, 5.74) is 1.25. The molecule has 0 unspecified atom stereocenters. The SMILES string of the molecule is N#CCCCCCCn1c(CN2CCC(Oc3ccc(F)c(COc4ccc(C#N)cc4F)n3)CC2)nc2c(F)cc(CC(=O)O)cc21. The molecule has 1 aliphatic rings. The minimum Gasteiger partial charge on any atom is -0.484 e. The number of benzene rings is 2. The standard InChI is InChI=1S/C35H35F3N6O4/c36-26-7-9-33(41-29(26)22-47-31-8-6-23(20-40)16-27(31)37)48-25-10-14-43(15-11-25)21-32-42-35-28(38)17-24(19-34(45)46)18-30(35)44(32)13-5-3-1-2-4-12-39/h6-9,16-18,25H,1-5,10-11,13-15,19,21-22H2,(H,45,46). The molecule has 0 aliphatic carbocycles. The van der Waals surface area contributed by atoms with Gasteiger partial charge >= 0.3 is 5.97 Å². The number of aromatic nitrogens is 3. The number of unbranched alkanes of at least 4 members (excludes halogenated alkanes) is 4. The second-order valence-corrected chi connectivity index (χ2v) is 11.7. The molecule has 0 spiro atoms. The number of hydrogen-bond donors (Lipinski definition) is 1. The highest BCUT2D eigenvalue weighted by atomic mass is 19.1. The molecule has 1 saturated heterocycles. The van der Waals surface area contributed by atoms with Crippen molar-refractivity contribution in [2.45, 2.75) is 77.2 Å². The van der Waals surface area contributed by atoms with Crippen molar-refractivity contribution >= 4 is 17.0 Å². The van der Waals surface area contributed by atoms with Crippen LogP contribution in [0.1, 0.15) is 67.6 Å². The molecule has 2 aromatic heterocycles. The van der Waals surface area contributed by atoms with E-state index in [1.165, 1.54) is 30.3 Å². The minimum absolute atomic E-state index is 0.0450. The molecule has 10 nitrogen and oxygen atoms in total. The van der Waals surface area contributed by atoms with Crippen LogP contribution in [-0.4, -0.2) is 49.7 Å². The average molecular weight is 661 g/mol. The molecule has 0 atom stereocenters. The number of aryl methyl sites for hydroxylation is 1. The van der Waals surface area contributed by atoms with Crippen LogP contribution in [0.3, 0.4) is 0 Å². The predicted molar refractivity (Wildman–Crippen MR) is 168 cm³/mol. The summed E-state index contributed by atoms with van der Waals surface area (Å²) in [7, 11) is 0. The number of nitriles is 2. The average Bonchev–Trinajstić information content (AvgIpc) is 3.40. The first-order valence-corrected chi connectivity index (χ1v) is 15.9. The molecule has 3 heterocycles. The predicted octanol–water partition coefficient (Wildman–Crippen LogP) is 6.44. The molecule has 0 bridgehead atoms. The van der Waals surface area contributed by atoms with Crippen molar-refractivity contribution in [3.8, 4) is 23.8 Å². The number of piperidine rings is 1. The Morgan fingerprint density at radius 1 is 0.958 bits per heavy atom. The highest BCUT2D eigenvalue weighted by molar-refractivity contribution is 5.80. The quantitative estimate of drug-likeness (QED) is 0.143. The number of fused-ring (bicyclic) bond motifs is 1. The summed E-state index contributed by atoms with van der Waals surface area (Å²) in [5, 5.41) is 27.0. The van der Waals surface area contributed by atoms with Gasteiger partial charge in [0.05, 0.1) is 36.2 Å². The Kier molecular flexibility index (Phi) is 11.5. The van der Waals surface area contributed by atoms with Gasteiger partial charge in [0.25, 0.3) is 0 Å². The summed E-state index contributed by atoms with van der Waals surface area (Å²) < 4.78 is 57.2. The van der Waals surface area contributed by atoms with Gasteiger partial charge in [-0.25, -0.2) is 23.1 Å². The Hall–Kier alpha value is -5.14. The number of carbonyl (C=O) groups is 1. The van der Waals surface area contributed by atoms with E-state index in [2.05, 4.69) is 20.9 Å². The number of ether oxygens (including phenoxy) is 2. The maximum Gasteiger partial charge on any atom is 0.307 e. The van der Waals surface area contributed by atoms with Crippen LogP contribution in [0.4, 0.5) is 13.2 Å². The fourth-order valence-corrected chi connectivity index (χ4v) is 5.78. The minimum atomic E-state index is -1.04. The van der Waals surface area contributed by atoms with Crippen LogP contribution in [0.15, 0.2) is 42.5 Å². The maximum absolute atomic E-state index is 15.1. The molecule has 0 saturated carbocycles. The second kappa shape index (κ2) is 16.1. The van der Waals surface area contributed by atoms with Crippen LogP contribution in [0, 0.1) is 40.1 Å². The van der Waals surface area contributed by atoms with E-state index in [1.807, 2.05) is 10.6 Å². The Labute approximate surface area is 276 Å². The smallest absolute Gasteiger partial charge is 0.307 e. The van der Waals surface area contributed by atoms with E-state index >= 15 is 4.39 Å². The van der Waals surface area contributed by atoms with Gasteiger partial charge in [-0.05, 0) is 67.6 Å². The van der Waals surface area contributed by atoms with Crippen molar-refractivity contribution in [1.82, 2.24) is 19.4 Å². The summed E-state index contributed by atoms with van der Waals surface area (Å²) in [6.07, 6.45) is 4.78. The van der Waals surface area contributed by atoms with Crippen molar-refractivity contribution in [3.63, 3.8) is 0 Å². The normalized spacial score (nSPS) is 13.7. The number of nitrogens with zero attached hydrogens (tertiary/aromatic N) is 6. The van der Waals surface area contributed by atoms with E-state index in [4.69, 9.17) is 20.0 Å². The number of rotatable bonds is 15. The zero-order chi connectivity index (χ0) is 34.0. The molecule has 250 valence electrons. The monoisotopic (exact) mass is 660 g/mol. The van der Waals surface area contributed by atoms with E-state index in [-0.39, 0.29) is 47.5 Å². The third-order valence-corrected chi connectivity index (χ3v) is 8.23. The van der Waals surface area contributed by atoms with E-state index in [9.17, 15) is 18.7 Å². The largest absolute Gasteiger partial charge is 0.484 e. The van der Waals surface area contributed by atoms with Crippen molar-refractivity contribution in [2.24, 2.45) is 0 Å². The van der Waals surface area contributed by atoms with Crippen LogP contribution >= 0.6 is 0 Å². The molecular formula is C35H35F3N6O4. The van der Waals surface area contributed by atoms with Crippen LogP contribution in [0.2, 0.25) is 0 Å². The summed E-state index contributed by atoms with van der Waals surface area (Å²) in [6, 6.07) is 13.3. The van der Waals surface area contributed by atoms with Crippen LogP contribution < -0.4 is 9.47 Å². The number of imidazole rings is 1. The fourth-order valence-electron chi connectivity index (χ4n) is 5.78. The molecule has 5 rings (SSSR count). The van der Waals surface area contributed by atoms with Gasteiger partial charge in [-0.1, -0.05) is 12.8 Å². The molecule has 1 N–H and O–H groups in total. The van der Waals surface area contributed by atoms with Crippen molar-refractivity contribution in [2.75, 3.05) is 13.1 Å². The molecule has 2 aromatic carbocycles. The van der Waals surface area contributed by atoms with Gasteiger partial charge in [0, 0.05) is 32.1 Å². The number of hydrogen-bond acceptors (Lipinski definition) is 8. The van der Waals surface area contributed by atoms with Crippen LogP contribution in [0.25, 0.3) is 11.0 Å². The molecule has 1 aliphatic heterocycles. The molecule has 0 radical (unpaired) electrons. The Bertz CT molecular complexity index is 1840. The van der Waals surface area contributed by atoms with Crippen molar-refractivity contribution < 1.29 is 32.5 Å². The van der Waals surface area contributed by atoms with Gasteiger partial charge in [0.15, 0.2) is 17.4 Å². The van der Waals surface area contributed by atoms with E-state index in [0.29, 0.717) is 62.3 Å². The first kappa shape index (κ1) is 34.2. The van der Waals surface area contributed by atoms with E-state index in [1.54, 1.807) is 6.07 Å². The zero-order valence-corrected chi connectivity index (χ0v) is 26.3. The first-order chi connectivity index (χ1) is 23.2. The molecule has 0 amide bonds. The topological polar surface area (TPSA) is 137 Å². The highest BCUT2D eigenvalue weighted by Gasteiger charge is 2.24. The van der Waals surface area contributed by atoms with Gasteiger partial charge < -0.3 is 19.1 Å². The maximum atomic E-state index is 15.1. The fraction of sp³-hybridized carbons (Fsp3) is 0.400. The number of carboxylic acids is 1. The lowest BCUT2D eigenvalue weighted by Gasteiger charge is -2.31. The summed E-state index contributed by atoms with van der Waals surface area (Å²) in [6.45, 7) is 2.04. The molecule has 4 aromatic rings.